The number of aryl methyl sites for hydroxylation is 1. The van der Waals surface area contributed by atoms with E-state index in [1.165, 1.54) is 5.56 Å². The Hall–Kier alpha value is -0.820. The largest absolute Gasteiger partial charge is 0.280 e. The zero-order valence-electron chi connectivity index (χ0n) is 7.51. The lowest BCUT2D eigenvalue weighted by molar-refractivity contribution is -0.113. The standard InChI is InChI=1S/C11H11ClO/c1-8-2-4-9(5-3-8)11(6-7-11)10(12)13/h2-5H,6-7H2,1H3. The molecule has 68 valence electrons. The highest BCUT2D eigenvalue weighted by molar-refractivity contribution is 6.66. The molecule has 0 amide bonds. The molecule has 0 heterocycles. The zero-order chi connectivity index (χ0) is 9.47. The van der Waals surface area contributed by atoms with Crippen LogP contribution >= 0.6 is 11.6 Å². The number of hydrogen-bond donors (Lipinski definition) is 0. The van der Waals surface area contributed by atoms with Crippen molar-refractivity contribution < 1.29 is 4.79 Å². The van der Waals surface area contributed by atoms with E-state index in [9.17, 15) is 4.79 Å². The van der Waals surface area contributed by atoms with Crippen LogP contribution in [0, 0.1) is 6.92 Å². The van der Waals surface area contributed by atoms with Crippen LogP contribution in [-0.2, 0) is 10.2 Å². The van der Waals surface area contributed by atoms with Crippen LogP contribution in [0.5, 0.6) is 0 Å². The average Bonchev–Trinajstić information content (AvgIpc) is 2.86. The molecule has 0 unspecified atom stereocenters. The summed E-state index contributed by atoms with van der Waals surface area (Å²) in [5, 5.41) is -0.212. The number of halogens is 1. The van der Waals surface area contributed by atoms with Crippen molar-refractivity contribution >= 4 is 16.8 Å². The van der Waals surface area contributed by atoms with Crippen LogP contribution in [0.3, 0.4) is 0 Å². The third-order valence-electron chi connectivity index (χ3n) is 2.73. The summed E-state index contributed by atoms with van der Waals surface area (Å²) in [4.78, 5) is 11.2. The lowest BCUT2D eigenvalue weighted by Crippen LogP contribution is -2.14. The van der Waals surface area contributed by atoms with Crippen molar-refractivity contribution in [2.45, 2.75) is 25.2 Å². The third-order valence-corrected chi connectivity index (χ3v) is 3.09. The van der Waals surface area contributed by atoms with Crippen molar-refractivity contribution in [1.29, 1.82) is 0 Å². The molecule has 0 spiro atoms. The number of carbonyl (C=O) groups excluding carboxylic acids is 1. The summed E-state index contributed by atoms with van der Waals surface area (Å²) in [6, 6.07) is 8.05. The Kier molecular flexibility index (Phi) is 1.92. The fourth-order valence-corrected chi connectivity index (χ4v) is 1.89. The maximum Gasteiger partial charge on any atom is 0.232 e. The van der Waals surface area contributed by atoms with Gasteiger partial charge in [0.2, 0.25) is 5.24 Å². The Labute approximate surface area is 82.7 Å². The normalized spacial score (nSPS) is 18.3. The second-order valence-electron chi connectivity index (χ2n) is 3.72. The highest BCUT2D eigenvalue weighted by atomic mass is 35.5. The van der Waals surface area contributed by atoms with Gasteiger partial charge in [0.1, 0.15) is 0 Å². The molecule has 1 aromatic rings. The average molecular weight is 195 g/mol. The number of benzene rings is 1. The first-order chi connectivity index (χ1) is 6.15. The van der Waals surface area contributed by atoms with Crippen molar-refractivity contribution in [1.82, 2.24) is 0 Å². The van der Waals surface area contributed by atoms with Crippen LogP contribution in [0.25, 0.3) is 0 Å². The maximum atomic E-state index is 11.2. The first-order valence-corrected chi connectivity index (χ1v) is 4.80. The van der Waals surface area contributed by atoms with Crippen LogP contribution in [0.15, 0.2) is 24.3 Å². The first-order valence-electron chi connectivity index (χ1n) is 4.42. The molecule has 1 nitrogen and oxygen atoms in total. The van der Waals surface area contributed by atoms with E-state index in [2.05, 4.69) is 0 Å². The monoisotopic (exact) mass is 194 g/mol. The number of hydrogen-bond acceptors (Lipinski definition) is 1. The topological polar surface area (TPSA) is 17.1 Å². The summed E-state index contributed by atoms with van der Waals surface area (Å²) in [7, 11) is 0. The smallest absolute Gasteiger partial charge is 0.232 e. The van der Waals surface area contributed by atoms with E-state index in [0.29, 0.717) is 0 Å². The van der Waals surface area contributed by atoms with Gasteiger partial charge in [-0.15, -0.1) is 0 Å². The van der Waals surface area contributed by atoms with Crippen molar-refractivity contribution in [3.63, 3.8) is 0 Å². The van der Waals surface area contributed by atoms with Crippen LogP contribution in [0.4, 0.5) is 0 Å². The molecule has 0 atom stereocenters. The molecule has 2 heteroatoms. The molecular formula is C11H11ClO. The Bertz CT molecular complexity index is 336. The highest BCUT2D eigenvalue weighted by Crippen LogP contribution is 2.49. The predicted octanol–water partition coefficient (Wildman–Crippen LogP) is 2.79. The van der Waals surface area contributed by atoms with Gasteiger partial charge >= 0.3 is 0 Å². The molecule has 0 saturated heterocycles. The predicted molar refractivity (Wildman–Crippen MR) is 53.0 cm³/mol. The van der Waals surface area contributed by atoms with Crippen LogP contribution < -0.4 is 0 Å². The van der Waals surface area contributed by atoms with Gasteiger partial charge in [-0.05, 0) is 36.9 Å². The summed E-state index contributed by atoms with van der Waals surface area (Å²) in [6.07, 6.45) is 1.80. The lowest BCUT2D eigenvalue weighted by Gasteiger charge is -2.09. The molecule has 1 aliphatic carbocycles. The van der Waals surface area contributed by atoms with Crippen LogP contribution in [-0.4, -0.2) is 5.24 Å². The SMILES string of the molecule is Cc1ccc(C2(C(=O)Cl)CC2)cc1. The van der Waals surface area contributed by atoms with Gasteiger partial charge in [0.25, 0.3) is 0 Å². The molecule has 1 saturated carbocycles. The van der Waals surface area contributed by atoms with Crippen molar-refractivity contribution in [3.8, 4) is 0 Å². The van der Waals surface area contributed by atoms with Gasteiger partial charge in [0, 0.05) is 0 Å². The summed E-state index contributed by atoms with van der Waals surface area (Å²) in [5.41, 5.74) is 1.94. The quantitative estimate of drug-likeness (QED) is 0.662. The van der Waals surface area contributed by atoms with Gasteiger partial charge < -0.3 is 0 Å². The molecular weight excluding hydrogens is 184 g/mol. The van der Waals surface area contributed by atoms with Crippen molar-refractivity contribution in [3.05, 3.63) is 35.4 Å². The minimum Gasteiger partial charge on any atom is -0.280 e. The summed E-state index contributed by atoms with van der Waals surface area (Å²) in [5.74, 6) is 0. The molecule has 2 rings (SSSR count). The van der Waals surface area contributed by atoms with Gasteiger partial charge in [-0.25, -0.2) is 0 Å². The fraction of sp³-hybridized carbons (Fsp3) is 0.364. The van der Waals surface area contributed by atoms with Gasteiger partial charge in [0.05, 0.1) is 5.41 Å². The molecule has 0 N–H and O–H groups in total. The molecule has 1 fully saturated rings. The summed E-state index contributed by atoms with van der Waals surface area (Å²) in [6.45, 7) is 2.03. The highest BCUT2D eigenvalue weighted by Gasteiger charge is 2.50. The first kappa shape index (κ1) is 8.76. The molecule has 13 heavy (non-hydrogen) atoms. The number of rotatable bonds is 2. The van der Waals surface area contributed by atoms with E-state index in [4.69, 9.17) is 11.6 Å². The zero-order valence-corrected chi connectivity index (χ0v) is 8.27. The van der Waals surface area contributed by atoms with E-state index in [-0.39, 0.29) is 10.7 Å². The molecule has 1 aromatic carbocycles. The summed E-state index contributed by atoms with van der Waals surface area (Å²) < 4.78 is 0. The van der Waals surface area contributed by atoms with E-state index in [0.717, 1.165) is 18.4 Å². The lowest BCUT2D eigenvalue weighted by atomic mass is 9.97. The number of carbonyl (C=O) groups is 1. The van der Waals surface area contributed by atoms with E-state index in [1.807, 2.05) is 31.2 Å². The minimum atomic E-state index is -0.338. The molecule has 1 aliphatic rings. The van der Waals surface area contributed by atoms with Gasteiger partial charge in [0.15, 0.2) is 0 Å². The molecule has 0 aliphatic heterocycles. The van der Waals surface area contributed by atoms with E-state index < -0.39 is 0 Å². The fourth-order valence-electron chi connectivity index (χ4n) is 1.60. The Morgan fingerprint density at radius 1 is 1.31 bits per heavy atom. The second-order valence-corrected chi connectivity index (χ2v) is 4.07. The molecule has 0 aromatic heterocycles. The van der Waals surface area contributed by atoms with Gasteiger partial charge in [-0.1, -0.05) is 29.8 Å². The molecule has 0 bridgehead atoms. The van der Waals surface area contributed by atoms with Gasteiger partial charge in [-0.2, -0.15) is 0 Å². The van der Waals surface area contributed by atoms with Crippen molar-refractivity contribution in [2.24, 2.45) is 0 Å². The maximum absolute atomic E-state index is 11.2. The Morgan fingerprint density at radius 3 is 2.23 bits per heavy atom. The van der Waals surface area contributed by atoms with E-state index >= 15 is 0 Å². The Balaban J connectivity index is 2.36. The van der Waals surface area contributed by atoms with Crippen LogP contribution in [0.2, 0.25) is 0 Å². The molecule has 0 radical (unpaired) electrons. The van der Waals surface area contributed by atoms with Crippen molar-refractivity contribution in [2.75, 3.05) is 0 Å². The summed E-state index contributed by atoms with van der Waals surface area (Å²) >= 11 is 5.57. The van der Waals surface area contributed by atoms with E-state index in [1.54, 1.807) is 0 Å². The minimum absolute atomic E-state index is 0.212. The Morgan fingerprint density at radius 2 is 1.85 bits per heavy atom. The second kappa shape index (κ2) is 2.85. The van der Waals surface area contributed by atoms with Gasteiger partial charge in [-0.3, -0.25) is 4.79 Å². The third kappa shape index (κ3) is 1.37. The van der Waals surface area contributed by atoms with Crippen LogP contribution in [0.1, 0.15) is 24.0 Å².